The van der Waals surface area contributed by atoms with E-state index in [1.807, 2.05) is 38.1 Å². The minimum atomic E-state index is -0.210. The third-order valence-corrected chi connectivity index (χ3v) is 4.07. The summed E-state index contributed by atoms with van der Waals surface area (Å²) >= 11 is 1.51. The maximum atomic E-state index is 12.2. The molecule has 21 heavy (non-hydrogen) atoms. The van der Waals surface area contributed by atoms with Crippen molar-refractivity contribution in [3.8, 4) is 6.07 Å². The molecule has 0 radical (unpaired) electrons. The molecule has 2 rings (SSSR count). The molecule has 0 aliphatic carbocycles. The van der Waals surface area contributed by atoms with Crippen molar-refractivity contribution in [2.45, 2.75) is 24.0 Å². The number of rotatable bonds is 4. The minimum Gasteiger partial charge on any atom is -0.325 e. The molecular weight excluding hydrogens is 280 g/mol. The van der Waals surface area contributed by atoms with Crippen LogP contribution >= 0.6 is 11.8 Å². The summed E-state index contributed by atoms with van der Waals surface area (Å²) in [6.45, 7) is 3.90. The zero-order valence-electron chi connectivity index (χ0n) is 12.0. The quantitative estimate of drug-likeness (QED) is 0.868. The van der Waals surface area contributed by atoms with Crippen LogP contribution in [-0.4, -0.2) is 11.2 Å². The monoisotopic (exact) mass is 296 g/mol. The standard InChI is InChI=1S/C17H16N2OS/c1-12-6-8-16(9-7-12)21-13(2)17(20)19-15-5-3-4-14(10-15)11-18/h3-10,13H,1-2H3,(H,19,20)/t13-/m1/s1. The molecule has 0 spiro atoms. The van der Waals surface area contributed by atoms with Crippen molar-refractivity contribution in [3.63, 3.8) is 0 Å². The van der Waals surface area contributed by atoms with Crippen LogP contribution in [0.25, 0.3) is 0 Å². The first-order valence-electron chi connectivity index (χ1n) is 6.63. The number of anilines is 1. The van der Waals surface area contributed by atoms with Crippen LogP contribution in [0.2, 0.25) is 0 Å². The highest BCUT2D eigenvalue weighted by Crippen LogP contribution is 2.24. The van der Waals surface area contributed by atoms with Crippen molar-refractivity contribution < 1.29 is 4.79 Å². The average molecular weight is 296 g/mol. The fraction of sp³-hybridized carbons (Fsp3) is 0.176. The first kappa shape index (κ1) is 15.1. The van der Waals surface area contributed by atoms with Crippen molar-refractivity contribution in [2.24, 2.45) is 0 Å². The van der Waals surface area contributed by atoms with Crippen LogP contribution in [0.3, 0.4) is 0 Å². The molecular formula is C17H16N2OS. The van der Waals surface area contributed by atoms with Gasteiger partial charge in [-0.25, -0.2) is 0 Å². The van der Waals surface area contributed by atoms with Gasteiger partial charge < -0.3 is 5.32 Å². The Labute approximate surface area is 129 Å². The van der Waals surface area contributed by atoms with Gasteiger partial charge in [0, 0.05) is 10.6 Å². The van der Waals surface area contributed by atoms with Crippen LogP contribution in [0, 0.1) is 18.3 Å². The molecule has 3 nitrogen and oxygen atoms in total. The van der Waals surface area contributed by atoms with E-state index in [1.165, 1.54) is 17.3 Å². The number of thioether (sulfide) groups is 1. The van der Waals surface area contributed by atoms with Crippen LogP contribution < -0.4 is 5.32 Å². The second-order valence-corrected chi connectivity index (χ2v) is 6.17. The van der Waals surface area contributed by atoms with Gasteiger partial charge in [-0.2, -0.15) is 5.26 Å². The number of amides is 1. The number of aryl methyl sites for hydroxylation is 1. The van der Waals surface area contributed by atoms with Crippen LogP contribution in [0.5, 0.6) is 0 Å². The molecule has 0 saturated carbocycles. The van der Waals surface area contributed by atoms with Gasteiger partial charge in [-0.15, -0.1) is 11.8 Å². The van der Waals surface area contributed by atoms with Crippen LogP contribution in [-0.2, 0) is 4.79 Å². The molecule has 0 bridgehead atoms. The molecule has 1 N–H and O–H groups in total. The molecule has 106 valence electrons. The van der Waals surface area contributed by atoms with E-state index < -0.39 is 0 Å². The number of nitrogens with zero attached hydrogens (tertiary/aromatic N) is 1. The molecule has 2 aromatic rings. The van der Waals surface area contributed by atoms with Gasteiger partial charge in [-0.3, -0.25) is 4.79 Å². The summed E-state index contributed by atoms with van der Waals surface area (Å²) in [6, 6.07) is 17.1. The summed E-state index contributed by atoms with van der Waals surface area (Å²) in [6.07, 6.45) is 0. The lowest BCUT2D eigenvalue weighted by atomic mass is 10.2. The summed E-state index contributed by atoms with van der Waals surface area (Å²) in [5, 5.41) is 11.5. The predicted molar refractivity (Wildman–Crippen MR) is 86.3 cm³/mol. The molecule has 0 aliphatic heterocycles. The highest BCUT2D eigenvalue weighted by atomic mass is 32.2. The van der Waals surface area contributed by atoms with E-state index >= 15 is 0 Å². The second-order valence-electron chi connectivity index (χ2n) is 4.75. The minimum absolute atomic E-state index is 0.0735. The zero-order valence-corrected chi connectivity index (χ0v) is 12.8. The third-order valence-electron chi connectivity index (χ3n) is 2.96. The van der Waals surface area contributed by atoms with E-state index in [1.54, 1.807) is 24.3 Å². The van der Waals surface area contributed by atoms with Gasteiger partial charge in [0.1, 0.15) is 0 Å². The SMILES string of the molecule is Cc1ccc(S[C@H](C)C(=O)Nc2cccc(C#N)c2)cc1. The Morgan fingerprint density at radius 1 is 1.24 bits per heavy atom. The maximum absolute atomic E-state index is 12.2. The normalized spacial score (nSPS) is 11.5. The summed E-state index contributed by atoms with van der Waals surface area (Å²) in [4.78, 5) is 13.2. The van der Waals surface area contributed by atoms with Crippen LogP contribution in [0.1, 0.15) is 18.1 Å². The molecule has 2 aromatic carbocycles. The Morgan fingerprint density at radius 3 is 2.62 bits per heavy atom. The Hall–Kier alpha value is -2.25. The predicted octanol–water partition coefficient (Wildman–Crippen LogP) is 3.99. The largest absolute Gasteiger partial charge is 0.325 e. The van der Waals surface area contributed by atoms with Crippen molar-refractivity contribution in [1.82, 2.24) is 0 Å². The first-order valence-corrected chi connectivity index (χ1v) is 7.51. The van der Waals surface area contributed by atoms with Crippen molar-refractivity contribution in [1.29, 1.82) is 5.26 Å². The highest BCUT2D eigenvalue weighted by molar-refractivity contribution is 8.00. The number of benzene rings is 2. The zero-order chi connectivity index (χ0) is 15.2. The van der Waals surface area contributed by atoms with Gasteiger partial charge in [0.2, 0.25) is 5.91 Å². The number of hydrogen-bond donors (Lipinski definition) is 1. The van der Waals surface area contributed by atoms with E-state index in [0.717, 1.165) is 4.90 Å². The second kappa shape index (κ2) is 6.96. The van der Waals surface area contributed by atoms with Gasteiger partial charge in [0.15, 0.2) is 0 Å². The molecule has 4 heteroatoms. The Bertz CT molecular complexity index is 674. The van der Waals surface area contributed by atoms with Gasteiger partial charge in [-0.1, -0.05) is 23.8 Å². The number of nitrogens with one attached hydrogen (secondary N) is 1. The van der Waals surface area contributed by atoms with Gasteiger partial charge in [0.05, 0.1) is 16.9 Å². The molecule has 0 heterocycles. The van der Waals surface area contributed by atoms with Gasteiger partial charge in [0.25, 0.3) is 0 Å². The van der Waals surface area contributed by atoms with Crippen LogP contribution in [0.15, 0.2) is 53.4 Å². The third kappa shape index (κ3) is 4.37. The summed E-state index contributed by atoms with van der Waals surface area (Å²) in [5.74, 6) is -0.0735. The van der Waals surface area contributed by atoms with Crippen molar-refractivity contribution in [2.75, 3.05) is 5.32 Å². The van der Waals surface area contributed by atoms with Crippen molar-refractivity contribution in [3.05, 3.63) is 59.7 Å². The summed E-state index contributed by atoms with van der Waals surface area (Å²) in [5.41, 5.74) is 2.38. The first-order chi connectivity index (χ1) is 10.1. The molecule has 0 saturated heterocycles. The fourth-order valence-electron chi connectivity index (χ4n) is 1.78. The topological polar surface area (TPSA) is 52.9 Å². The van der Waals surface area contributed by atoms with E-state index in [4.69, 9.17) is 5.26 Å². The number of carbonyl (C=O) groups excluding carboxylic acids is 1. The Morgan fingerprint density at radius 2 is 1.95 bits per heavy atom. The van der Waals surface area contributed by atoms with Crippen LogP contribution in [0.4, 0.5) is 5.69 Å². The van der Waals surface area contributed by atoms with Gasteiger partial charge in [-0.05, 0) is 44.2 Å². The smallest absolute Gasteiger partial charge is 0.237 e. The average Bonchev–Trinajstić information content (AvgIpc) is 2.49. The Balaban J connectivity index is 1.99. The molecule has 0 unspecified atom stereocenters. The molecule has 1 amide bonds. The van der Waals surface area contributed by atoms with Gasteiger partial charge >= 0.3 is 0 Å². The lowest BCUT2D eigenvalue weighted by Crippen LogP contribution is -2.22. The molecule has 0 aromatic heterocycles. The molecule has 0 aliphatic rings. The van der Waals surface area contributed by atoms with Crippen molar-refractivity contribution >= 4 is 23.4 Å². The Kier molecular flexibility index (Phi) is 5.02. The maximum Gasteiger partial charge on any atom is 0.237 e. The highest BCUT2D eigenvalue weighted by Gasteiger charge is 2.14. The number of hydrogen-bond acceptors (Lipinski definition) is 3. The fourth-order valence-corrected chi connectivity index (χ4v) is 2.65. The lowest BCUT2D eigenvalue weighted by molar-refractivity contribution is -0.115. The molecule has 1 atom stereocenters. The van der Waals surface area contributed by atoms with E-state index in [0.29, 0.717) is 11.3 Å². The number of carbonyl (C=O) groups is 1. The summed E-state index contributed by atoms with van der Waals surface area (Å²) < 4.78 is 0. The number of nitriles is 1. The molecule has 0 fully saturated rings. The van der Waals surface area contributed by atoms with E-state index in [2.05, 4.69) is 11.4 Å². The lowest BCUT2D eigenvalue weighted by Gasteiger charge is -2.12. The van der Waals surface area contributed by atoms with E-state index in [-0.39, 0.29) is 11.2 Å². The summed E-state index contributed by atoms with van der Waals surface area (Å²) in [7, 11) is 0. The van der Waals surface area contributed by atoms with E-state index in [9.17, 15) is 4.79 Å².